The van der Waals surface area contributed by atoms with E-state index in [1.807, 2.05) is 29.6 Å². The van der Waals surface area contributed by atoms with Crippen molar-refractivity contribution in [1.29, 1.82) is 0 Å². The fourth-order valence-corrected chi connectivity index (χ4v) is 3.65. The fourth-order valence-electron chi connectivity index (χ4n) is 2.88. The molecule has 24 heavy (non-hydrogen) atoms. The van der Waals surface area contributed by atoms with Crippen LogP contribution in [0.15, 0.2) is 29.6 Å². The van der Waals surface area contributed by atoms with Gasteiger partial charge in [-0.25, -0.2) is 0 Å². The van der Waals surface area contributed by atoms with Crippen molar-refractivity contribution in [2.24, 2.45) is 0 Å². The lowest BCUT2D eigenvalue weighted by atomic mass is 10.1. The van der Waals surface area contributed by atoms with E-state index >= 15 is 0 Å². The molecule has 2 heterocycles. The summed E-state index contributed by atoms with van der Waals surface area (Å²) >= 11 is 1.66. The summed E-state index contributed by atoms with van der Waals surface area (Å²) < 4.78 is 6.80. The Morgan fingerprint density at radius 2 is 2.17 bits per heavy atom. The van der Waals surface area contributed by atoms with Gasteiger partial charge in [-0.3, -0.25) is 9.59 Å². The van der Waals surface area contributed by atoms with Crippen LogP contribution in [0.25, 0.3) is 10.1 Å². The third-order valence-corrected chi connectivity index (χ3v) is 5.19. The number of piperazine rings is 1. The standard InChI is InChI=1S/C17H20N2O4S/c20-11-18-4-5-19(12-21)15(8-18)9-23-10-16(22)13-1-2-17-14(7-13)3-6-24-17/h1-3,6-7,11-12,15-16,22H,4-5,8-10H2. The highest BCUT2D eigenvalue weighted by molar-refractivity contribution is 7.17. The van der Waals surface area contributed by atoms with Crippen LogP contribution in [0.4, 0.5) is 0 Å². The van der Waals surface area contributed by atoms with Gasteiger partial charge in [0.25, 0.3) is 0 Å². The molecule has 2 aromatic rings. The maximum atomic E-state index is 11.1. The van der Waals surface area contributed by atoms with Crippen LogP contribution in [0.3, 0.4) is 0 Å². The highest BCUT2D eigenvalue weighted by Gasteiger charge is 2.25. The molecule has 1 fully saturated rings. The average molecular weight is 348 g/mol. The molecule has 1 aliphatic rings. The van der Waals surface area contributed by atoms with Crippen molar-refractivity contribution in [3.63, 3.8) is 0 Å². The summed E-state index contributed by atoms with van der Waals surface area (Å²) in [6.45, 7) is 1.95. The number of hydrogen-bond donors (Lipinski definition) is 1. The predicted molar refractivity (Wildman–Crippen MR) is 91.8 cm³/mol. The number of nitrogens with zero attached hydrogens (tertiary/aromatic N) is 2. The number of rotatable bonds is 7. The number of carbonyl (C=O) groups is 2. The molecule has 1 aromatic carbocycles. The van der Waals surface area contributed by atoms with Crippen molar-refractivity contribution in [3.8, 4) is 0 Å². The Morgan fingerprint density at radius 1 is 1.29 bits per heavy atom. The van der Waals surface area contributed by atoms with Gasteiger partial charge in [0.2, 0.25) is 12.8 Å². The Morgan fingerprint density at radius 3 is 2.96 bits per heavy atom. The molecule has 2 amide bonds. The summed E-state index contributed by atoms with van der Waals surface area (Å²) in [5, 5.41) is 13.4. The van der Waals surface area contributed by atoms with Crippen molar-refractivity contribution < 1.29 is 19.4 Å². The third kappa shape index (κ3) is 3.75. The quantitative estimate of drug-likeness (QED) is 0.765. The van der Waals surface area contributed by atoms with Crippen LogP contribution >= 0.6 is 11.3 Å². The summed E-state index contributed by atoms with van der Waals surface area (Å²) in [5.74, 6) is 0. The lowest BCUT2D eigenvalue weighted by Gasteiger charge is -2.37. The monoisotopic (exact) mass is 348 g/mol. The van der Waals surface area contributed by atoms with E-state index in [-0.39, 0.29) is 12.6 Å². The van der Waals surface area contributed by atoms with Gasteiger partial charge in [-0.15, -0.1) is 11.3 Å². The number of benzene rings is 1. The maximum absolute atomic E-state index is 11.1. The molecule has 3 rings (SSSR count). The second kappa shape index (κ2) is 7.74. The van der Waals surface area contributed by atoms with E-state index in [1.54, 1.807) is 21.1 Å². The van der Waals surface area contributed by atoms with Gasteiger partial charge in [0.1, 0.15) is 6.10 Å². The molecule has 2 atom stereocenters. The SMILES string of the molecule is O=CN1CCN(C=O)C(COCC(O)c2ccc3sccc3c2)C1. The minimum atomic E-state index is -0.718. The Labute approximate surface area is 144 Å². The minimum Gasteiger partial charge on any atom is -0.386 e. The normalized spacial score (nSPS) is 19.5. The Balaban J connectivity index is 1.54. The van der Waals surface area contributed by atoms with Gasteiger partial charge < -0.3 is 19.6 Å². The molecule has 1 aliphatic heterocycles. The predicted octanol–water partition coefficient (Wildman–Crippen LogP) is 1.25. The maximum Gasteiger partial charge on any atom is 0.210 e. The fraction of sp³-hybridized carbons (Fsp3) is 0.412. The summed E-state index contributed by atoms with van der Waals surface area (Å²) in [7, 11) is 0. The van der Waals surface area contributed by atoms with Gasteiger partial charge >= 0.3 is 0 Å². The zero-order chi connectivity index (χ0) is 16.9. The zero-order valence-electron chi connectivity index (χ0n) is 13.2. The topological polar surface area (TPSA) is 70.1 Å². The smallest absolute Gasteiger partial charge is 0.210 e. The molecule has 0 radical (unpaired) electrons. The first kappa shape index (κ1) is 16.9. The second-order valence-corrected chi connectivity index (χ2v) is 6.82. The Bertz CT molecular complexity index is 705. The zero-order valence-corrected chi connectivity index (χ0v) is 14.0. The summed E-state index contributed by atoms with van der Waals surface area (Å²) in [4.78, 5) is 25.3. The van der Waals surface area contributed by atoms with Crippen molar-refractivity contribution in [2.75, 3.05) is 32.8 Å². The van der Waals surface area contributed by atoms with Gasteiger partial charge in [-0.2, -0.15) is 0 Å². The van der Waals surface area contributed by atoms with Gasteiger partial charge in [-0.05, 0) is 34.5 Å². The van der Waals surface area contributed by atoms with Gasteiger partial charge in [0, 0.05) is 24.3 Å². The number of fused-ring (bicyclic) bond motifs is 1. The number of carbonyl (C=O) groups excluding carboxylic acids is 2. The molecule has 0 spiro atoms. The van der Waals surface area contributed by atoms with Crippen LogP contribution in [0.2, 0.25) is 0 Å². The van der Waals surface area contributed by atoms with Crippen LogP contribution in [0, 0.1) is 0 Å². The number of ether oxygens (including phenoxy) is 1. The largest absolute Gasteiger partial charge is 0.386 e. The van der Waals surface area contributed by atoms with E-state index in [0.717, 1.165) is 23.8 Å². The highest BCUT2D eigenvalue weighted by atomic mass is 32.1. The van der Waals surface area contributed by atoms with Crippen LogP contribution in [-0.4, -0.2) is 66.6 Å². The molecule has 1 saturated heterocycles. The molecule has 0 bridgehead atoms. The number of hydrogen-bond acceptors (Lipinski definition) is 5. The van der Waals surface area contributed by atoms with Crippen LogP contribution in [-0.2, 0) is 14.3 Å². The van der Waals surface area contributed by atoms with Crippen molar-refractivity contribution in [2.45, 2.75) is 12.1 Å². The first-order valence-corrected chi connectivity index (χ1v) is 8.72. The van der Waals surface area contributed by atoms with Crippen molar-refractivity contribution >= 4 is 34.2 Å². The molecule has 1 N–H and O–H groups in total. The molecular weight excluding hydrogens is 328 g/mol. The first-order valence-electron chi connectivity index (χ1n) is 7.84. The van der Waals surface area contributed by atoms with Gasteiger partial charge in [0.15, 0.2) is 0 Å². The van der Waals surface area contributed by atoms with E-state index in [1.165, 1.54) is 4.70 Å². The molecule has 6 nitrogen and oxygen atoms in total. The minimum absolute atomic E-state index is 0.153. The molecule has 2 unspecified atom stereocenters. The van der Waals surface area contributed by atoms with Crippen molar-refractivity contribution in [3.05, 3.63) is 35.2 Å². The average Bonchev–Trinajstić information content (AvgIpc) is 3.09. The lowest BCUT2D eigenvalue weighted by molar-refractivity contribution is -0.130. The summed E-state index contributed by atoms with van der Waals surface area (Å²) in [5.41, 5.74) is 0.811. The molecule has 0 aliphatic carbocycles. The number of aliphatic hydroxyl groups excluding tert-OH is 1. The van der Waals surface area contributed by atoms with E-state index in [0.29, 0.717) is 26.2 Å². The second-order valence-electron chi connectivity index (χ2n) is 5.87. The molecule has 1 aromatic heterocycles. The van der Waals surface area contributed by atoms with Crippen LogP contribution < -0.4 is 0 Å². The number of aliphatic hydroxyl groups is 1. The van der Waals surface area contributed by atoms with Gasteiger partial charge in [0.05, 0.1) is 19.3 Å². The molecule has 7 heteroatoms. The van der Waals surface area contributed by atoms with Crippen LogP contribution in [0.1, 0.15) is 11.7 Å². The summed E-state index contributed by atoms with van der Waals surface area (Å²) in [6, 6.07) is 7.71. The number of thiophene rings is 1. The highest BCUT2D eigenvalue weighted by Crippen LogP contribution is 2.24. The van der Waals surface area contributed by atoms with E-state index in [9.17, 15) is 14.7 Å². The van der Waals surface area contributed by atoms with E-state index in [4.69, 9.17) is 4.74 Å². The number of amides is 2. The van der Waals surface area contributed by atoms with E-state index < -0.39 is 6.10 Å². The Hall–Kier alpha value is -1.96. The van der Waals surface area contributed by atoms with Crippen LogP contribution in [0.5, 0.6) is 0 Å². The first-order chi connectivity index (χ1) is 11.7. The van der Waals surface area contributed by atoms with Crippen molar-refractivity contribution in [1.82, 2.24) is 9.80 Å². The molecule has 128 valence electrons. The lowest BCUT2D eigenvalue weighted by Crippen LogP contribution is -2.53. The summed E-state index contributed by atoms with van der Waals surface area (Å²) in [6.07, 6.45) is 0.863. The Kier molecular flexibility index (Phi) is 5.44. The van der Waals surface area contributed by atoms with Gasteiger partial charge in [-0.1, -0.05) is 6.07 Å². The molecule has 0 saturated carbocycles. The van der Waals surface area contributed by atoms with E-state index in [2.05, 4.69) is 0 Å². The molecular formula is C17H20N2O4S. The third-order valence-electron chi connectivity index (χ3n) is 4.29.